The van der Waals surface area contributed by atoms with Crippen LogP contribution in [0.4, 0.5) is 0 Å². The van der Waals surface area contributed by atoms with Crippen molar-refractivity contribution in [2.24, 2.45) is 12.8 Å². The maximum absolute atomic E-state index is 13.4. The van der Waals surface area contributed by atoms with Crippen molar-refractivity contribution >= 4 is 16.9 Å². The van der Waals surface area contributed by atoms with E-state index in [9.17, 15) is 14.7 Å². The summed E-state index contributed by atoms with van der Waals surface area (Å²) < 4.78 is 8.46. The highest BCUT2D eigenvalue weighted by molar-refractivity contribution is 5.89. The number of rotatable bonds is 9. The Kier molecular flexibility index (Phi) is 8.11. The molecule has 2 aromatic carbocycles. The highest BCUT2D eigenvalue weighted by Crippen LogP contribution is 2.28. The maximum atomic E-state index is 13.4. The number of nitrogens with zero attached hydrogens (tertiary/aromatic N) is 5. The van der Waals surface area contributed by atoms with Gasteiger partial charge in [0.15, 0.2) is 5.52 Å². The average molecular weight is 545 g/mol. The molecule has 0 bridgehead atoms. The number of aliphatic hydroxyl groups is 1. The van der Waals surface area contributed by atoms with Gasteiger partial charge >= 0.3 is 0 Å². The number of benzene rings is 2. The number of fused-ring (bicyclic) bond motifs is 1. The molecule has 0 radical (unpaired) electrons. The summed E-state index contributed by atoms with van der Waals surface area (Å²) >= 11 is 0. The maximum Gasteiger partial charge on any atom is 0.281 e. The van der Waals surface area contributed by atoms with Gasteiger partial charge in [0.1, 0.15) is 5.52 Å². The van der Waals surface area contributed by atoms with Crippen LogP contribution in [0.1, 0.15) is 36.3 Å². The summed E-state index contributed by atoms with van der Waals surface area (Å²) in [6.07, 6.45) is 2.55. The van der Waals surface area contributed by atoms with Crippen LogP contribution in [0, 0.1) is 0 Å². The Labute approximate surface area is 233 Å². The lowest BCUT2D eigenvalue weighted by molar-refractivity contribution is -0.136. The molecule has 10 nitrogen and oxygen atoms in total. The second kappa shape index (κ2) is 11.7. The minimum absolute atomic E-state index is 0.0299. The number of amides is 1. The van der Waals surface area contributed by atoms with Crippen LogP contribution in [0.2, 0.25) is 0 Å². The normalized spacial score (nSPS) is 15.8. The molecule has 3 N–H and O–H groups in total. The van der Waals surface area contributed by atoms with Crippen LogP contribution >= 0.6 is 0 Å². The first-order valence-electron chi connectivity index (χ1n) is 13.6. The van der Waals surface area contributed by atoms with Crippen LogP contribution in [-0.4, -0.2) is 67.7 Å². The number of ether oxygens (including phenoxy) is 1. The predicted octanol–water partition coefficient (Wildman–Crippen LogP) is 2.43. The van der Waals surface area contributed by atoms with E-state index in [2.05, 4.69) is 10.1 Å². The summed E-state index contributed by atoms with van der Waals surface area (Å²) in [5.74, 6) is 0.00599. The number of aromatic nitrogens is 4. The average Bonchev–Trinajstić information content (AvgIpc) is 3.31. The van der Waals surface area contributed by atoms with Crippen LogP contribution < -0.4 is 11.3 Å². The lowest BCUT2D eigenvalue weighted by Gasteiger charge is -2.38. The summed E-state index contributed by atoms with van der Waals surface area (Å²) in [4.78, 5) is 32.9. The first kappa shape index (κ1) is 27.7. The van der Waals surface area contributed by atoms with Crippen LogP contribution in [0.15, 0.2) is 65.7 Å². The molecule has 0 unspecified atom stereocenters. The summed E-state index contributed by atoms with van der Waals surface area (Å²) in [5, 5.41) is 15.8. The van der Waals surface area contributed by atoms with Gasteiger partial charge in [-0.1, -0.05) is 54.6 Å². The van der Waals surface area contributed by atoms with E-state index in [0.717, 1.165) is 22.4 Å². The van der Waals surface area contributed by atoms with Gasteiger partial charge in [0.2, 0.25) is 5.91 Å². The van der Waals surface area contributed by atoms with E-state index < -0.39 is 5.60 Å². The van der Waals surface area contributed by atoms with Gasteiger partial charge in [0.25, 0.3) is 5.56 Å². The van der Waals surface area contributed by atoms with Gasteiger partial charge in [-0.3, -0.25) is 18.8 Å². The lowest BCUT2D eigenvalue weighted by atomic mass is 9.90. The standard InChI is InChI=1S/C30H36N6O4/c1-34-28(23-10-8-21(17-31)9-11-23)26-27(33-34)29(38)36(20-32-26)19-30(39)12-14-35(15-13-30)25(37)16-24(18-40-2)22-6-4-3-5-7-22/h3-11,20,24,39H,12-19,31H2,1-2H3/t24-/m0/s1. The van der Waals surface area contributed by atoms with Gasteiger partial charge in [-0.05, 0) is 24.0 Å². The molecule has 210 valence electrons. The molecule has 1 amide bonds. The van der Waals surface area contributed by atoms with Crippen molar-refractivity contribution in [1.82, 2.24) is 24.2 Å². The molecule has 40 heavy (non-hydrogen) atoms. The highest BCUT2D eigenvalue weighted by Gasteiger charge is 2.35. The van der Waals surface area contributed by atoms with Crippen molar-refractivity contribution in [2.45, 2.75) is 43.9 Å². The molecule has 1 saturated heterocycles. The number of aryl methyl sites for hydroxylation is 1. The quantitative estimate of drug-likeness (QED) is 0.331. The fourth-order valence-corrected chi connectivity index (χ4v) is 5.52. The zero-order chi connectivity index (χ0) is 28.3. The monoisotopic (exact) mass is 544 g/mol. The van der Waals surface area contributed by atoms with Crippen molar-refractivity contribution in [1.29, 1.82) is 0 Å². The van der Waals surface area contributed by atoms with Gasteiger partial charge < -0.3 is 20.5 Å². The van der Waals surface area contributed by atoms with Crippen LogP contribution in [0.25, 0.3) is 22.3 Å². The minimum Gasteiger partial charge on any atom is -0.388 e. The fourth-order valence-electron chi connectivity index (χ4n) is 5.52. The molecule has 2 aromatic heterocycles. The molecular formula is C30H36N6O4. The third kappa shape index (κ3) is 5.70. The van der Waals surface area contributed by atoms with Crippen molar-refractivity contribution in [2.75, 3.05) is 26.8 Å². The second-order valence-corrected chi connectivity index (χ2v) is 10.6. The molecule has 10 heteroatoms. The Balaban J connectivity index is 1.27. The Hall–Kier alpha value is -3.86. The number of likely N-dealkylation sites (tertiary alicyclic amines) is 1. The zero-order valence-corrected chi connectivity index (χ0v) is 23.0. The van der Waals surface area contributed by atoms with Gasteiger partial charge in [-0.25, -0.2) is 4.98 Å². The molecule has 0 spiro atoms. The summed E-state index contributed by atoms with van der Waals surface area (Å²) in [5.41, 5.74) is 8.77. The SMILES string of the molecule is COC[C@H](CC(=O)N1CCC(O)(Cn2cnc3c(-c4ccc(CN)cc4)n(C)nc3c2=O)CC1)c1ccccc1. The number of methoxy groups -OCH3 is 1. The molecule has 3 heterocycles. The molecular weight excluding hydrogens is 508 g/mol. The van der Waals surface area contributed by atoms with E-state index in [1.807, 2.05) is 54.6 Å². The number of nitrogens with two attached hydrogens (primary N) is 1. The second-order valence-electron chi connectivity index (χ2n) is 10.6. The molecule has 1 aliphatic rings. The summed E-state index contributed by atoms with van der Waals surface area (Å²) in [6, 6.07) is 17.7. The van der Waals surface area contributed by atoms with Crippen molar-refractivity contribution < 1.29 is 14.6 Å². The first-order chi connectivity index (χ1) is 19.3. The number of piperidine rings is 1. The van der Waals surface area contributed by atoms with Crippen LogP contribution in [0.5, 0.6) is 0 Å². The third-order valence-electron chi connectivity index (χ3n) is 7.85. The van der Waals surface area contributed by atoms with E-state index in [4.69, 9.17) is 10.5 Å². The molecule has 0 saturated carbocycles. The van der Waals surface area contributed by atoms with E-state index >= 15 is 0 Å². The molecule has 1 fully saturated rings. The highest BCUT2D eigenvalue weighted by atomic mass is 16.5. The van der Waals surface area contributed by atoms with E-state index in [0.29, 0.717) is 51.0 Å². The van der Waals surface area contributed by atoms with Crippen molar-refractivity contribution in [3.8, 4) is 11.3 Å². The van der Waals surface area contributed by atoms with Gasteiger partial charge in [0, 0.05) is 51.7 Å². The molecule has 4 aromatic rings. The Morgan fingerprint density at radius 1 is 1.10 bits per heavy atom. The largest absolute Gasteiger partial charge is 0.388 e. The van der Waals surface area contributed by atoms with Gasteiger partial charge in [-0.2, -0.15) is 5.10 Å². The van der Waals surface area contributed by atoms with Crippen molar-refractivity contribution in [3.05, 3.63) is 82.4 Å². The summed E-state index contributed by atoms with van der Waals surface area (Å²) in [6.45, 7) is 1.83. The topological polar surface area (TPSA) is 128 Å². The number of carbonyl (C=O) groups is 1. The number of hydrogen-bond acceptors (Lipinski definition) is 7. The van der Waals surface area contributed by atoms with Gasteiger partial charge in [0.05, 0.1) is 30.8 Å². The van der Waals surface area contributed by atoms with E-state index in [1.165, 1.54) is 10.9 Å². The molecule has 5 rings (SSSR count). The molecule has 0 aliphatic carbocycles. The minimum atomic E-state index is -1.13. The Bertz CT molecular complexity index is 1520. The third-order valence-corrected chi connectivity index (χ3v) is 7.85. The van der Waals surface area contributed by atoms with E-state index in [1.54, 1.807) is 23.7 Å². The predicted molar refractivity (Wildman–Crippen MR) is 153 cm³/mol. The number of carbonyl (C=O) groups excluding carboxylic acids is 1. The van der Waals surface area contributed by atoms with E-state index in [-0.39, 0.29) is 29.4 Å². The zero-order valence-electron chi connectivity index (χ0n) is 23.0. The van der Waals surface area contributed by atoms with Crippen LogP contribution in [0.3, 0.4) is 0 Å². The number of hydrogen-bond donors (Lipinski definition) is 2. The Morgan fingerprint density at radius 2 is 1.80 bits per heavy atom. The lowest BCUT2D eigenvalue weighted by Crippen LogP contribution is -2.50. The van der Waals surface area contributed by atoms with Crippen LogP contribution in [-0.2, 0) is 29.7 Å². The smallest absolute Gasteiger partial charge is 0.281 e. The molecule has 1 atom stereocenters. The molecule has 1 aliphatic heterocycles. The first-order valence-corrected chi connectivity index (χ1v) is 13.6. The van der Waals surface area contributed by atoms with Gasteiger partial charge in [-0.15, -0.1) is 0 Å². The Morgan fingerprint density at radius 3 is 2.45 bits per heavy atom. The fraction of sp³-hybridized carbons (Fsp3) is 0.400. The van der Waals surface area contributed by atoms with Crippen molar-refractivity contribution in [3.63, 3.8) is 0 Å². The summed E-state index contributed by atoms with van der Waals surface area (Å²) in [7, 11) is 3.42.